The van der Waals surface area contributed by atoms with Crippen LogP contribution in [0.3, 0.4) is 0 Å². The minimum atomic E-state index is -0.297. The maximum absolute atomic E-state index is 12.6. The van der Waals surface area contributed by atoms with E-state index in [4.69, 9.17) is 4.52 Å². The molecule has 4 aromatic rings. The van der Waals surface area contributed by atoms with Gasteiger partial charge in [-0.1, -0.05) is 25.1 Å². The molecule has 0 saturated carbocycles. The molecule has 0 spiro atoms. The van der Waals surface area contributed by atoms with Crippen molar-refractivity contribution in [1.82, 2.24) is 24.7 Å². The van der Waals surface area contributed by atoms with Crippen molar-refractivity contribution in [3.63, 3.8) is 0 Å². The number of pyridine rings is 1. The second kappa shape index (κ2) is 7.90. The van der Waals surface area contributed by atoms with Crippen LogP contribution in [0.5, 0.6) is 0 Å². The van der Waals surface area contributed by atoms with Crippen LogP contribution in [-0.2, 0) is 0 Å². The lowest BCUT2D eigenvalue weighted by molar-refractivity contribution is 0.102. The van der Waals surface area contributed by atoms with Crippen molar-refractivity contribution in [2.45, 2.75) is 33.6 Å². The molecule has 0 radical (unpaired) electrons. The van der Waals surface area contributed by atoms with E-state index in [0.29, 0.717) is 23.1 Å². The highest BCUT2D eigenvalue weighted by Crippen LogP contribution is 2.25. The van der Waals surface area contributed by atoms with Crippen molar-refractivity contribution in [1.29, 1.82) is 0 Å². The minimum absolute atomic E-state index is 0.150. The van der Waals surface area contributed by atoms with Gasteiger partial charge in [-0.25, -0.2) is 9.97 Å². The van der Waals surface area contributed by atoms with Gasteiger partial charge in [0.2, 0.25) is 0 Å². The van der Waals surface area contributed by atoms with Crippen LogP contribution in [0.15, 0.2) is 53.6 Å². The Bertz CT molecular complexity index is 1210. The third-order valence-electron chi connectivity index (χ3n) is 4.80. The van der Waals surface area contributed by atoms with Crippen molar-refractivity contribution in [2.24, 2.45) is 0 Å². The molecule has 0 aliphatic heterocycles. The standard InChI is InChI=1S/C22H22N6O2/c1-13(2)19-26-22(30-27-19)17-6-5-9-23-20(17)28-11-18(24-12-28)21(29)25-16-8-7-14(3)15(4)10-16/h5-13H,1-4H3,(H,25,29). The van der Waals surface area contributed by atoms with Gasteiger partial charge >= 0.3 is 0 Å². The summed E-state index contributed by atoms with van der Waals surface area (Å²) in [6.45, 7) is 8.02. The number of anilines is 1. The smallest absolute Gasteiger partial charge is 0.275 e. The molecule has 0 aliphatic carbocycles. The zero-order chi connectivity index (χ0) is 21.3. The Hall–Kier alpha value is -3.81. The molecular weight excluding hydrogens is 380 g/mol. The monoisotopic (exact) mass is 402 g/mol. The summed E-state index contributed by atoms with van der Waals surface area (Å²) in [7, 11) is 0. The number of nitrogens with zero attached hydrogens (tertiary/aromatic N) is 5. The minimum Gasteiger partial charge on any atom is -0.334 e. The molecule has 4 rings (SSSR count). The first-order valence-electron chi connectivity index (χ1n) is 9.64. The number of carbonyl (C=O) groups excluding carboxylic acids is 1. The van der Waals surface area contributed by atoms with E-state index >= 15 is 0 Å². The first-order chi connectivity index (χ1) is 14.4. The predicted octanol–water partition coefficient (Wildman–Crippen LogP) is 4.31. The number of imidazole rings is 1. The molecule has 0 fully saturated rings. The number of aromatic nitrogens is 5. The molecule has 0 bridgehead atoms. The fourth-order valence-corrected chi connectivity index (χ4v) is 2.92. The molecule has 3 heterocycles. The van der Waals surface area contributed by atoms with E-state index in [1.54, 1.807) is 29.4 Å². The summed E-state index contributed by atoms with van der Waals surface area (Å²) >= 11 is 0. The van der Waals surface area contributed by atoms with Crippen LogP contribution in [0.2, 0.25) is 0 Å². The Morgan fingerprint density at radius 3 is 2.70 bits per heavy atom. The van der Waals surface area contributed by atoms with Crippen molar-refractivity contribution in [3.8, 4) is 17.3 Å². The summed E-state index contributed by atoms with van der Waals surface area (Å²) < 4.78 is 7.08. The number of amides is 1. The molecule has 30 heavy (non-hydrogen) atoms. The lowest BCUT2D eigenvalue weighted by Gasteiger charge is -2.06. The van der Waals surface area contributed by atoms with Crippen LogP contribution in [0, 0.1) is 13.8 Å². The van der Waals surface area contributed by atoms with Gasteiger partial charge < -0.3 is 9.84 Å². The molecule has 1 amide bonds. The van der Waals surface area contributed by atoms with Gasteiger partial charge in [-0.2, -0.15) is 4.98 Å². The summed E-state index contributed by atoms with van der Waals surface area (Å²) in [5.41, 5.74) is 3.94. The van der Waals surface area contributed by atoms with Crippen LogP contribution in [-0.4, -0.2) is 30.6 Å². The Kier molecular flexibility index (Phi) is 5.14. The van der Waals surface area contributed by atoms with E-state index in [0.717, 1.165) is 11.3 Å². The van der Waals surface area contributed by atoms with E-state index in [-0.39, 0.29) is 17.5 Å². The van der Waals surface area contributed by atoms with Crippen LogP contribution in [0.25, 0.3) is 17.3 Å². The van der Waals surface area contributed by atoms with Crippen molar-refractivity contribution >= 4 is 11.6 Å². The second-order valence-corrected chi connectivity index (χ2v) is 7.41. The second-order valence-electron chi connectivity index (χ2n) is 7.41. The fraction of sp³-hybridized carbons (Fsp3) is 0.227. The van der Waals surface area contributed by atoms with E-state index in [9.17, 15) is 4.79 Å². The van der Waals surface area contributed by atoms with E-state index in [2.05, 4.69) is 25.4 Å². The van der Waals surface area contributed by atoms with Crippen LogP contribution in [0.1, 0.15) is 47.2 Å². The van der Waals surface area contributed by atoms with Crippen molar-refractivity contribution in [3.05, 3.63) is 71.7 Å². The molecule has 8 heteroatoms. The summed E-state index contributed by atoms with van der Waals surface area (Å²) in [6.07, 6.45) is 4.83. The molecule has 1 aromatic carbocycles. The van der Waals surface area contributed by atoms with Gasteiger partial charge in [-0.15, -0.1) is 0 Å². The van der Waals surface area contributed by atoms with E-state index < -0.39 is 0 Å². The van der Waals surface area contributed by atoms with Crippen LogP contribution < -0.4 is 5.32 Å². The zero-order valence-electron chi connectivity index (χ0n) is 17.2. The van der Waals surface area contributed by atoms with Crippen LogP contribution in [0.4, 0.5) is 5.69 Å². The largest absolute Gasteiger partial charge is 0.334 e. The Balaban J connectivity index is 1.61. The lowest BCUT2D eigenvalue weighted by Crippen LogP contribution is -2.12. The highest BCUT2D eigenvalue weighted by atomic mass is 16.5. The zero-order valence-corrected chi connectivity index (χ0v) is 17.2. The van der Waals surface area contributed by atoms with Gasteiger partial charge in [0.05, 0.1) is 5.56 Å². The summed E-state index contributed by atoms with van der Waals surface area (Å²) in [6, 6.07) is 9.41. The number of carbonyl (C=O) groups is 1. The molecule has 0 atom stereocenters. The number of hydrogen-bond donors (Lipinski definition) is 1. The van der Waals surface area contributed by atoms with Gasteiger partial charge in [0.25, 0.3) is 11.8 Å². The molecule has 0 saturated heterocycles. The molecule has 8 nitrogen and oxygen atoms in total. The molecular formula is C22H22N6O2. The Morgan fingerprint density at radius 2 is 1.97 bits per heavy atom. The first-order valence-corrected chi connectivity index (χ1v) is 9.64. The van der Waals surface area contributed by atoms with E-state index in [1.165, 1.54) is 5.56 Å². The SMILES string of the molecule is Cc1ccc(NC(=O)c2cn(-c3ncccc3-c3nc(C(C)C)no3)cn2)cc1C. The highest BCUT2D eigenvalue weighted by Gasteiger charge is 2.18. The maximum Gasteiger partial charge on any atom is 0.275 e. The van der Waals surface area contributed by atoms with Crippen molar-refractivity contribution < 1.29 is 9.32 Å². The highest BCUT2D eigenvalue weighted by molar-refractivity contribution is 6.02. The number of nitrogens with one attached hydrogen (secondary N) is 1. The maximum atomic E-state index is 12.6. The number of benzene rings is 1. The summed E-state index contributed by atoms with van der Waals surface area (Å²) in [5.74, 6) is 1.40. The van der Waals surface area contributed by atoms with Gasteiger partial charge in [-0.05, 0) is 49.2 Å². The predicted molar refractivity (Wildman–Crippen MR) is 113 cm³/mol. The van der Waals surface area contributed by atoms with Gasteiger partial charge in [-0.3, -0.25) is 9.36 Å². The normalized spacial score (nSPS) is 11.1. The Morgan fingerprint density at radius 1 is 1.13 bits per heavy atom. The number of aryl methyl sites for hydroxylation is 2. The van der Waals surface area contributed by atoms with Gasteiger partial charge in [0.1, 0.15) is 12.0 Å². The summed E-state index contributed by atoms with van der Waals surface area (Å²) in [5, 5.41) is 6.89. The number of rotatable bonds is 5. The molecule has 1 N–H and O–H groups in total. The molecule has 152 valence electrons. The number of hydrogen-bond acceptors (Lipinski definition) is 6. The average Bonchev–Trinajstić information content (AvgIpc) is 3.41. The van der Waals surface area contributed by atoms with Gasteiger partial charge in [0.15, 0.2) is 11.6 Å². The molecule has 3 aromatic heterocycles. The third kappa shape index (κ3) is 3.84. The quantitative estimate of drug-likeness (QED) is 0.534. The average molecular weight is 402 g/mol. The van der Waals surface area contributed by atoms with E-state index in [1.807, 2.05) is 52.0 Å². The topological polar surface area (TPSA) is 98.7 Å². The Labute approximate surface area is 174 Å². The fourth-order valence-electron chi connectivity index (χ4n) is 2.92. The van der Waals surface area contributed by atoms with Crippen LogP contribution >= 0.6 is 0 Å². The molecule has 0 aliphatic rings. The molecule has 0 unspecified atom stereocenters. The van der Waals surface area contributed by atoms with Crippen molar-refractivity contribution in [2.75, 3.05) is 5.32 Å². The third-order valence-corrected chi connectivity index (χ3v) is 4.80. The lowest BCUT2D eigenvalue weighted by atomic mass is 10.1. The van der Waals surface area contributed by atoms with Gasteiger partial charge in [0, 0.05) is 24.0 Å². The first kappa shape index (κ1) is 19.5. The summed E-state index contributed by atoms with van der Waals surface area (Å²) in [4.78, 5) is 25.8.